The molecular weight excluding hydrogens is 307 g/mol. The zero-order valence-corrected chi connectivity index (χ0v) is 13.3. The monoisotopic (exact) mass is 322 g/mol. The molecule has 0 bridgehead atoms. The highest BCUT2D eigenvalue weighted by Crippen LogP contribution is 2.57. The van der Waals surface area contributed by atoms with Crippen LogP contribution in [-0.2, 0) is 15.5 Å². The minimum absolute atomic E-state index is 0.392. The van der Waals surface area contributed by atoms with Gasteiger partial charge in [-0.3, -0.25) is 0 Å². The molecule has 0 aliphatic heterocycles. The van der Waals surface area contributed by atoms with E-state index in [0.29, 0.717) is 23.1 Å². The van der Waals surface area contributed by atoms with Crippen molar-refractivity contribution in [1.82, 2.24) is 0 Å². The Bertz CT molecular complexity index is 1030. The third-order valence-electron chi connectivity index (χ3n) is 4.15. The molecule has 2 aromatic carbocycles. The van der Waals surface area contributed by atoms with Gasteiger partial charge in [0, 0.05) is 17.2 Å². The molecule has 1 unspecified atom stereocenters. The summed E-state index contributed by atoms with van der Waals surface area (Å²) in [4.78, 5) is 10.5. The molecule has 1 atom stereocenters. The number of benzene rings is 2. The molecule has 0 amide bonds. The second-order valence-electron chi connectivity index (χ2n) is 5.71. The lowest BCUT2D eigenvalue weighted by Gasteiger charge is -2.16. The van der Waals surface area contributed by atoms with E-state index < -0.39 is 7.60 Å². The zero-order valence-electron chi connectivity index (χ0n) is 12.4. The summed E-state index contributed by atoms with van der Waals surface area (Å²) < 4.78 is 18.4. The molecule has 0 heterocycles. The molecule has 23 heavy (non-hydrogen) atoms. The van der Waals surface area contributed by atoms with E-state index in [1.165, 1.54) is 0 Å². The Labute approximate surface area is 134 Å². The summed E-state index contributed by atoms with van der Waals surface area (Å²) in [7, 11) is -3.92. The van der Waals surface area contributed by atoms with Crippen molar-refractivity contribution in [2.75, 3.05) is 0 Å². The van der Waals surface area contributed by atoms with E-state index in [4.69, 9.17) is 4.52 Å². The summed E-state index contributed by atoms with van der Waals surface area (Å²) in [5.41, 5.74) is 2.64. The predicted molar refractivity (Wildman–Crippen MR) is 91.7 cm³/mol. The van der Waals surface area contributed by atoms with Crippen LogP contribution in [0.25, 0.3) is 17.9 Å². The topological polar surface area (TPSA) is 46.5 Å². The molecule has 0 saturated heterocycles. The lowest BCUT2D eigenvalue weighted by atomic mass is 10.1. The summed E-state index contributed by atoms with van der Waals surface area (Å²) in [5.74, 6) is 0.392. The van der Waals surface area contributed by atoms with E-state index >= 15 is 0 Å². The van der Waals surface area contributed by atoms with Gasteiger partial charge in [-0.15, -0.1) is 0 Å². The Balaban J connectivity index is 1.72. The fraction of sp³-hybridized carbons (Fsp3) is 0.0526. The van der Waals surface area contributed by atoms with Gasteiger partial charge in [-0.05, 0) is 28.5 Å². The predicted octanol–water partition coefficient (Wildman–Crippen LogP) is 2.94. The van der Waals surface area contributed by atoms with Gasteiger partial charge in [0.1, 0.15) is 5.76 Å². The molecule has 2 aliphatic rings. The molecule has 2 aliphatic carbocycles. The third kappa shape index (κ3) is 2.39. The molecule has 4 rings (SSSR count). The summed E-state index contributed by atoms with van der Waals surface area (Å²) >= 11 is 0. The fourth-order valence-corrected chi connectivity index (χ4v) is 4.24. The smallest absolute Gasteiger partial charge is 0.404 e. The highest BCUT2D eigenvalue weighted by Gasteiger charge is 2.33. The van der Waals surface area contributed by atoms with Crippen molar-refractivity contribution in [3.63, 3.8) is 0 Å². The summed E-state index contributed by atoms with van der Waals surface area (Å²) in [6.07, 6.45) is 4.06. The molecule has 3 nitrogen and oxygen atoms in total. The van der Waals surface area contributed by atoms with Crippen LogP contribution in [0.5, 0.6) is 0 Å². The molecule has 2 aromatic rings. The molecule has 0 spiro atoms. The van der Waals surface area contributed by atoms with Crippen LogP contribution in [0.1, 0.15) is 11.1 Å². The van der Waals surface area contributed by atoms with E-state index in [-0.39, 0.29) is 0 Å². The van der Waals surface area contributed by atoms with Gasteiger partial charge < -0.3 is 9.42 Å². The first kappa shape index (κ1) is 14.3. The van der Waals surface area contributed by atoms with Crippen LogP contribution in [0.4, 0.5) is 0 Å². The van der Waals surface area contributed by atoms with Crippen molar-refractivity contribution in [3.8, 4) is 0 Å². The Morgan fingerprint density at radius 3 is 2.61 bits per heavy atom. The van der Waals surface area contributed by atoms with Crippen molar-refractivity contribution in [3.05, 3.63) is 87.6 Å². The second-order valence-corrected chi connectivity index (χ2v) is 7.51. The first-order valence-corrected chi connectivity index (χ1v) is 8.94. The maximum atomic E-state index is 12.8. The van der Waals surface area contributed by atoms with Crippen LogP contribution in [0.15, 0.2) is 66.0 Å². The fourth-order valence-electron chi connectivity index (χ4n) is 2.99. The van der Waals surface area contributed by atoms with Gasteiger partial charge in [0.05, 0.1) is 5.31 Å². The highest BCUT2D eigenvalue weighted by atomic mass is 31.2. The quantitative estimate of drug-likeness (QED) is 0.884. The first-order chi connectivity index (χ1) is 11.0. The van der Waals surface area contributed by atoms with Gasteiger partial charge in [-0.1, -0.05) is 55.1 Å². The van der Waals surface area contributed by atoms with Crippen molar-refractivity contribution in [2.24, 2.45) is 0 Å². The lowest BCUT2D eigenvalue weighted by molar-refractivity contribution is 0.370. The average Bonchev–Trinajstić information content (AvgIpc) is 3.10. The van der Waals surface area contributed by atoms with E-state index in [0.717, 1.165) is 21.6 Å². The zero-order chi connectivity index (χ0) is 16.0. The Hall–Kier alpha value is -2.35. The molecule has 0 fully saturated rings. The number of allylic oxidation sites excluding steroid dienone is 1. The van der Waals surface area contributed by atoms with Crippen LogP contribution >= 0.6 is 7.60 Å². The van der Waals surface area contributed by atoms with E-state index in [1.807, 2.05) is 54.6 Å². The lowest BCUT2D eigenvalue weighted by Crippen LogP contribution is -2.22. The molecule has 4 heteroatoms. The maximum Gasteiger partial charge on any atom is 0.404 e. The minimum atomic E-state index is -3.92. The first-order valence-electron chi connectivity index (χ1n) is 7.36. The molecular formula is C19H15O3P. The standard InChI is InChI=1S/C19H15O3P/c1-13-10-16-8-4-5-9-18(16)19(13)22-23(20,21)17-11-14-6-2-3-7-15(14)12-17/h2-11H,1,12H2,(H,20,21). The molecule has 1 N–H and O–H groups in total. The van der Waals surface area contributed by atoms with E-state index in [1.54, 1.807) is 6.08 Å². The minimum Gasteiger partial charge on any atom is -0.420 e. The number of hydrogen-bond donors (Lipinski definition) is 1. The molecule has 0 radical (unpaired) electrons. The Morgan fingerprint density at radius 1 is 1.04 bits per heavy atom. The number of fused-ring (bicyclic) bond motifs is 2. The van der Waals surface area contributed by atoms with E-state index in [2.05, 4.69) is 6.58 Å². The van der Waals surface area contributed by atoms with Crippen molar-refractivity contribution >= 4 is 25.5 Å². The Morgan fingerprint density at radius 2 is 1.78 bits per heavy atom. The van der Waals surface area contributed by atoms with Gasteiger partial charge >= 0.3 is 7.60 Å². The summed E-state index contributed by atoms with van der Waals surface area (Å²) in [6, 6.07) is 15.3. The van der Waals surface area contributed by atoms with Crippen LogP contribution in [0, 0.1) is 0 Å². The largest absolute Gasteiger partial charge is 0.420 e. The number of rotatable bonds is 3. The van der Waals surface area contributed by atoms with Crippen LogP contribution in [-0.4, -0.2) is 4.89 Å². The molecule has 0 saturated carbocycles. The van der Waals surface area contributed by atoms with Gasteiger partial charge in [0.2, 0.25) is 0 Å². The van der Waals surface area contributed by atoms with Gasteiger partial charge in [0.25, 0.3) is 0 Å². The number of hydrogen-bond acceptors (Lipinski definition) is 2. The van der Waals surface area contributed by atoms with Crippen LogP contribution in [0.2, 0.25) is 0 Å². The normalized spacial score (nSPS) is 17.9. The third-order valence-corrected chi connectivity index (χ3v) is 5.60. The summed E-state index contributed by atoms with van der Waals surface area (Å²) in [6.45, 7) is 3.93. The van der Waals surface area contributed by atoms with Crippen molar-refractivity contribution < 1.29 is 14.0 Å². The maximum absolute atomic E-state index is 12.8. The van der Waals surface area contributed by atoms with Gasteiger partial charge in [-0.25, -0.2) is 4.57 Å². The van der Waals surface area contributed by atoms with Crippen LogP contribution < -0.4 is 10.4 Å². The Kier molecular flexibility index (Phi) is 3.15. The van der Waals surface area contributed by atoms with Gasteiger partial charge in [0.15, 0.2) is 0 Å². The second kappa shape index (κ2) is 5.09. The SMILES string of the molecule is C=C1C=c2ccccc2=C1OP(=O)(O)C1=Cc2ccccc2C1. The summed E-state index contributed by atoms with van der Waals surface area (Å²) in [5, 5.41) is 2.18. The highest BCUT2D eigenvalue weighted by molar-refractivity contribution is 7.58. The van der Waals surface area contributed by atoms with Crippen LogP contribution in [0.3, 0.4) is 0 Å². The molecule has 114 valence electrons. The average molecular weight is 322 g/mol. The van der Waals surface area contributed by atoms with Crippen molar-refractivity contribution in [2.45, 2.75) is 6.42 Å². The molecule has 0 aromatic heterocycles. The van der Waals surface area contributed by atoms with E-state index in [9.17, 15) is 9.46 Å². The van der Waals surface area contributed by atoms with Crippen molar-refractivity contribution in [1.29, 1.82) is 0 Å². The van der Waals surface area contributed by atoms with Gasteiger partial charge in [-0.2, -0.15) is 0 Å².